The van der Waals surface area contributed by atoms with Gasteiger partial charge in [-0.15, -0.1) is 16.9 Å². The lowest BCUT2D eigenvalue weighted by Gasteiger charge is -2.09. The molecule has 0 saturated heterocycles. The van der Waals surface area contributed by atoms with E-state index in [1.165, 1.54) is 11.8 Å². The molecule has 0 bridgehead atoms. The highest BCUT2D eigenvalue weighted by Gasteiger charge is 2.06. The zero-order valence-electron chi connectivity index (χ0n) is 11.8. The number of nitrogens with zero attached hydrogens (tertiary/aromatic N) is 3. The zero-order valence-corrected chi connectivity index (χ0v) is 12.6. The molecule has 110 valence electrons. The van der Waals surface area contributed by atoms with Crippen molar-refractivity contribution in [3.05, 3.63) is 29.6 Å². The van der Waals surface area contributed by atoms with Crippen LogP contribution in [0.25, 0.3) is 0 Å². The van der Waals surface area contributed by atoms with Crippen molar-refractivity contribution in [2.75, 3.05) is 5.75 Å². The van der Waals surface area contributed by atoms with Gasteiger partial charge >= 0.3 is 0 Å². The third kappa shape index (κ3) is 4.38. The highest BCUT2D eigenvalue weighted by Crippen LogP contribution is 2.26. The molecule has 2 aromatic rings. The summed E-state index contributed by atoms with van der Waals surface area (Å²) in [5.74, 6) is 1.84. The highest BCUT2D eigenvalue weighted by molar-refractivity contribution is 8.00. The maximum absolute atomic E-state index is 7.64. The molecule has 0 fully saturated rings. The molecule has 0 atom stereocenters. The van der Waals surface area contributed by atoms with Gasteiger partial charge in [-0.2, -0.15) is 0 Å². The number of ether oxygens (including phenoxy) is 1. The van der Waals surface area contributed by atoms with E-state index in [-0.39, 0.29) is 6.61 Å². The van der Waals surface area contributed by atoms with Crippen molar-refractivity contribution in [2.24, 2.45) is 0 Å². The molecule has 0 aliphatic carbocycles. The molecule has 0 amide bonds. The monoisotopic (exact) mass is 304 g/mol. The zero-order chi connectivity index (χ0) is 15.2. The summed E-state index contributed by atoms with van der Waals surface area (Å²) in [6.07, 6.45) is 0. The van der Waals surface area contributed by atoms with Gasteiger partial charge < -0.3 is 15.6 Å². The number of aromatic amines is 1. The van der Waals surface area contributed by atoms with Crippen LogP contribution in [0.1, 0.15) is 18.3 Å². The summed E-state index contributed by atoms with van der Waals surface area (Å²) in [4.78, 5) is 1.05. The largest absolute Gasteiger partial charge is 0.485 e. The maximum Gasteiger partial charge on any atom is 0.186 e. The first-order valence-corrected chi connectivity index (χ1v) is 7.26. The van der Waals surface area contributed by atoms with Crippen molar-refractivity contribution < 1.29 is 4.74 Å². The number of tetrazole rings is 1. The Hall–Kier alpha value is -2.22. The number of thioether (sulfide) groups is 1. The van der Waals surface area contributed by atoms with Crippen LogP contribution >= 0.6 is 11.8 Å². The second kappa shape index (κ2) is 6.98. The molecule has 0 spiro atoms. The van der Waals surface area contributed by atoms with Gasteiger partial charge in [0.1, 0.15) is 12.4 Å². The fourth-order valence-electron chi connectivity index (χ4n) is 1.52. The summed E-state index contributed by atoms with van der Waals surface area (Å²) in [6.45, 7) is 3.88. The Morgan fingerprint density at radius 3 is 2.81 bits per heavy atom. The number of aromatic nitrogens is 4. The number of aryl methyl sites for hydroxylation is 1. The third-order valence-corrected chi connectivity index (χ3v) is 3.76. The van der Waals surface area contributed by atoms with Gasteiger partial charge in [-0.1, -0.05) is 0 Å². The molecule has 0 saturated carbocycles. The Kier molecular flexibility index (Phi) is 5.04. The lowest BCUT2D eigenvalue weighted by Crippen LogP contribution is -2.09. The van der Waals surface area contributed by atoms with Crippen molar-refractivity contribution in [3.8, 4) is 5.75 Å². The van der Waals surface area contributed by atoms with Gasteiger partial charge in [0.05, 0.1) is 5.71 Å². The van der Waals surface area contributed by atoms with E-state index in [9.17, 15) is 0 Å². The Labute approximate surface area is 126 Å². The molecule has 7 nitrogen and oxygen atoms in total. The second-order valence-electron chi connectivity index (χ2n) is 4.46. The molecule has 1 heterocycles. The van der Waals surface area contributed by atoms with E-state index in [2.05, 4.69) is 20.6 Å². The molecular weight excluding hydrogens is 288 g/mol. The Balaban J connectivity index is 1.93. The van der Waals surface area contributed by atoms with Crippen LogP contribution in [0.5, 0.6) is 5.75 Å². The van der Waals surface area contributed by atoms with Crippen LogP contribution in [-0.2, 0) is 6.61 Å². The van der Waals surface area contributed by atoms with E-state index in [4.69, 9.17) is 15.6 Å². The van der Waals surface area contributed by atoms with Crippen molar-refractivity contribution >= 4 is 23.2 Å². The molecule has 2 rings (SSSR count). The van der Waals surface area contributed by atoms with E-state index < -0.39 is 0 Å². The molecular formula is C13H16N6OS. The summed E-state index contributed by atoms with van der Waals surface area (Å²) in [5, 5.41) is 28.4. The predicted molar refractivity (Wildman–Crippen MR) is 81.5 cm³/mol. The van der Waals surface area contributed by atoms with E-state index in [1.54, 1.807) is 6.92 Å². The molecule has 8 heteroatoms. The molecule has 21 heavy (non-hydrogen) atoms. The summed E-state index contributed by atoms with van der Waals surface area (Å²) >= 11 is 1.54. The van der Waals surface area contributed by atoms with Crippen LogP contribution in [0.3, 0.4) is 0 Å². The molecule has 0 aliphatic rings. The van der Waals surface area contributed by atoms with Crippen LogP contribution < -0.4 is 4.74 Å². The van der Waals surface area contributed by atoms with E-state index in [1.807, 2.05) is 25.1 Å². The van der Waals surface area contributed by atoms with Gasteiger partial charge in [0.25, 0.3) is 0 Å². The Morgan fingerprint density at radius 2 is 2.19 bits per heavy atom. The van der Waals surface area contributed by atoms with E-state index in [0.29, 0.717) is 23.0 Å². The average Bonchev–Trinajstić information content (AvgIpc) is 2.96. The Bertz CT molecular complexity index is 640. The first kappa shape index (κ1) is 15.2. The van der Waals surface area contributed by atoms with Gasteiger partial charge in [-0.25, -0.2) is 5.10 Å². The third-order valence-electron chi connectivity index (χ3n) is 2.74. The SMILES string of the molecule is CC(=N)C(=N)CSc1ccc(OCc2nnn[nH]2)c(C)c1. The quantitative estimate of drug-likeness (QED) is 0.536. The summed E-state index contributed by atoms with van der Waals surface area (Å²) in [5.41, 5.74) is 1.65. The second-order valence-corrected chi connectivity index (χ2v) is 5.50. The summed E-state index contributed by atoms with van der Waals surface area (Å²) in [7, 11) is 0. The van der Waals surface area contributed by atoms with Crippen LogP contribution in [0, 0.1) is 17.7 Å². The summed E-state index contributed by atoms with van der Waals surface area (Å²) in [6, 6.07) is 5.84. The normalized spacial score (nSPS) is 10.4. The molecule has 1 aromatic carbocycles. The molecule has 0 unspecified atom stereocenters. The van der Waals surface area contributed by atoms with Crippen molar-refractivity contribution in [3.63, 3.8) is 0 Å². The van der Waals surface area contributed by atoms with Crippen LogP contribution in [0.2, 0.25) is 0 Å². The highest BCUT2D eigenvalue weighted by atomic mass is 32.2. The van der Waals surface area contributed by atoms with Gasteiger partial charge in [0.2, 0.25) is 0 Å². The van der Waals surface area contributed by atoms with Gasteiger partial charge in [-0.3, -0.25) is 0 Å². The minimum atomic E-state index is 0.290. The number of benzene rings is 1. The smallest absolute Gasteiger partial charge is 0.186 e. The molecule has 0 aliphatic heterocycles. The minimum absolute atomic E-state index is 0.290. The number of hydrogen-bond donors (Lipinski definition) is 3. The number of nitrogens with one attached hydrogen (secondary N) is 3. The van der Waals surface area contributed by atoms with Gasteiger partial charge in [0, 0.05) is 16.4 Å². The van der Waals surface area contributed by atoms with E-state index >= 15 is 0 Å². The lowest BCUT2D eigenvalue weighted by molar-refractivity contribution is 0.293. The van der Waals surface area contributed by atoms with Gasteiger partial charge in [0.15, 0.2) is 5.82 Å². The Morgan fingerprint density at radius 1 is 1.38 bits per heavy atom. The van der Waals surface area contributed by atoms with Crippen molar-refractivity contribution in [2.45, 2.75) is 25.3 Å². The molecule has 1 aromatic heterocycles. The van der Waals surface area contributed by atoms with Gasteiger partial charge in [-0.05, 0) is 48.0 Å². The summed E-state index contributed by atoms with van der Waals surface area (Å²) < 4.78 is 5.64. The number of hydrogen-bond acceptors (Lipinski definition) is 7. The fourth-order valence-corrected chi connectivity index (χ4v) is 2.48. The van der Waals surface area contributed by atoms with Crippen molar-refractivity contribution in [1.29, 1.82) is 10.8 Å². The predicted octanol–water partition coefficient (Wildman–Crippen LogP) is 2.24. The average molecular weight is 304 g/mol. The standard InChI is InChI=1S/C13H16N6OS/c1-8-5-10(21-7-11(15)9(2)14)3-4-12(8)20-6-13-16-18-19-17-13/h3-5,14-15H,6-7H2,1-2H3,(H,16,17,18,19). The van der Waals surface area contributed by atoms with E-state index in [0.717, 1.165) is 16.2 Å². The van der Waals surface area contributed by atoms with Crippen molar-refractivity contribution in [1.82, 2.24) is 20.6 Å². The van der Waals surface area contributed by atoms with Crippen LogP contribution in [-0.4, -0.2) is 37.8 Å². The minimum Gasteiger partial charge on any atom is -0.485 e. The maximum atomic E-state index is 7.64. The topological polar surface area (TPSA) is 111 Å². The molecule has 0 radical (unpaired) electrons. The molecule has 3 N–H and O–H groups in total. The number of rotatable bonds is 7. The first-order valence-electron chi connectivity index (χ1n) is 6.28. The van der Waals surface area contributed by atoms with Crippen LogP contribution in [0.4, 0.5) is 0 Å². The fraction of sp³-hybridized carbons (Fsp3) is 0.308. The number of H-pyrrole nitrogens is 1. The lowest BCUT2D eigenvalue weighted by atomic mass is 10.2. The van der Waals surface area contributed by atoms with Crippen LogP contribution in [0.15, 0.2) is 23.1 Å². The first-order chi connectivity index (χ1) is 10.1.